The van der Waals surface area contributed by atoms with Gasteiger partial charge in [0, 0.05) is 18.5 Å². The molecular formula is C15H17N3O3. The van der Waals surface area contributed by atoms with Gasteiger partial charge in [0.15, 0.2) is 0 Å². The first-order valence-corrected chi connectivity index (χ1v) is 6.69. The van der Waals surface area contributed by atoms with Crippen molar-refractivity contribution in [2.45, 2.75) is 13.3 Å². The van der Waals surface area contributed by atoms with Gasteiger partial charge in [0.2, 0.25) is 0 Å². The van der Waals surface area contributed by atoms with Crippen molar-refractivity contribution < 1.29 is 14.7 Å². The van der Waals surface area contributed by atoms with E-state index in [2.05, 4.69) is 4.98 Å². The molecule has 2 aromatic rings. The van der Waals surface area contributed by atoms with E-state index in [1.54, 1.807) is 11.0 Å². The quantitative estimate of drug-likeness (QED) is 0.841. The third-order valence-electron chi connectivity index (χ3n) is 3.25. The lowest BCUT2D eigenvalue weighted by Gasteiger charge is -2.23. The average Bonchev–Trinajstić information content (AvgIpc) is 2.46. The summed E-state index contributed by atoms with van der Waals surface area (Å²) in [7, 11) is 0. The smallest absolute Gasteiger partial charge is 0.305 e. The van der Waals surface area contributed by atoms with Gasteiger partial charge in [-0.15, -0.1) is 0 Å². The number of primary amides is 1. The van der Waals surface area contributed by atoms with E-state index >= 15 is 0 Å². The van der Waals surface area contributed by atoms with Crippen LogP contribution in [0.5, 0.6) is 0 Å². The van der Waals surface area contributed by atoms with Crippen LogP contribution in [0.25, 0.3) is 10.9 Å². The topological polar surface area (TPSA) is 96.5 Å². The summed E-state index contributed by atoms with van der Waals surface area (Å²) < 4.78 is 0. The molecule has 1 aromatic heterocycles. The maximum absolute atomic E-state index is 11.7. The number of nitrogens with two attached hydrogens (primary N) is 1. The fraction of sp³-hybridized carbons (Fsp3) is 0.267. The van der Waals surface area contributed by atoms with Crippen molar-refractivity contribution in [1.82, 2.24) is 4.98 Å². The van der Waals surface area contributed by atoms with E-state index in [4.69, 9.17) is 10.8 Å². The molecule has 0 bridgehead atoms. The molecule has 3 N–H and O–H groups in total. The number of aromatic nitrogens is 1. The number of carboxylic acids is 1. The summed E-state index contributed by atoms with van der Waals surface area (Å²) in [6.07, 6.45) is -0.0272. The highest BCUT2D eigenvalue weighted by molar-refractivity contribution is 6.01. The van der Waals surface area contributed by atoms with E-state index < -0.39 is 11.9 Å². The Morgan fingerprint density at radius 2 is 2.05 bits per heavy atom. The first-order valence-electron chi connectivity index (χ1n) is 6.69. The molecule has 6 heteroatoms. The van der Waals surface area contributed by atoms with Crippen LogP contribution in [-0.2, 0) is 4.79 Å². The van der Waals surface area contributed by atoms with E-state index in [0.717, 1.165) is 10.9 Å². The number of hydrogen-bond donors (Lipinski definition) is 2. The molecule has 1 heterocycles. The normalized spacial score (nSPS) is 10.5. The summed E-state index contributed by atoms with van der Waals surface area (Å²) in [5.74, 6) is -1.03. The number of pyridine rings is 1. The van der Waals surface area contributed by atoms with Crippen LogP contribution in [-0.4, -0.2) is 35.1 Å². The highest BCUT2D eigenvalue weighted by atomic mass is 16.4. The lowest BCUT2D eigenvalue weighted by Crippen LogP contribution is -2.29. The predicted molar refractivity (Wildman–Crippen MR) is 80.4 cm³/mol. The van der Waals surface area contributed by atoms with Gasteiger partial charge in [-0.05, 0) is 19.1 Å². The van der Waals surface area contributed by atoms with Crippen LogP contribution in [0.15, 0.2) is 30.3 Å². The lowest BCUT2D eigenvalue weighted by atomic mass is 10.1. The molecule has 0 radical (unpaired) electrons. The number of para-hydroxylation sites is 1. The monoisotopic (exact) mass is 287 g/mol. The molecule has 110 valence electrons. The van der Waals surface area contributed by atoms with Crippen molar-refractivity contribution in [2.24, 2.45) is 5.73 Å². The molecule has 0 aliphatic rings. The third-order valence-corrected chi connectivity index (χ3v) is 3.25. The average molecular weight is 287 g/mol. The fourth-order valence-electron chi connectivity index (χ4n) is 2.17. The Kier molecular flexibility index (Phi) is 4.37. The predicted octanol–water partition coefficient (Wildman–Crippen LogP) is 1.63. The molecule has 2 rings (SSSR count). The summed E-state index contributed by atoms with van der Waals surface area (Å²) in [5.41, 5.74) is 6.48. The number of amides is 1. The van der Waals surface area contributed by atoms with E-state index in [-0.39, 0.29) is 13.0 Å². The number of carbonyl (C=O) groups is 2. The van der Waals surface area contributed by atoms with Gasteiger partial charge in [0.05, 0.1) is 17.5 Å². The molecular weight excluding hydrogens is 270 g/mol. The van der Waals surface area contributed by atoms with Gasteiger partial charge in [-0.25, -0.2) is 4.98 Å². The highest BCUT2D eigenvalue weighted by Crippen LogP contribution is 2.23. The number of benzene rings is 1. The van der Waals surface area contributed by atoms with Crippen molar-refractivity contribution in [3.63, 3.8) is 0 Å². The molecule has 0 aliphatic carbocycles. The van der Waals surface area contributed by atoms with Gasteiger partial charge >= 0.3 is 5.97 Å². The number of rotatable bonds is 6. The molecule has 0 saturated heterocycles. The zero-order valence-corrected chi connectivity index (χ0v) is 11.7. The van der Waals surface area contributed by atoms with Crippen LogP contribution < -0.4 is 10.6 Å². The fourth-order valence-corrected chi connectivity index (χ4v) is 2.17. The Morgan fingerprint density at radius 1 is 1.33 bits per heavy atom. The Balaban J connectivity index is 2.50. The van der Waals surface area contributed by atoms with Crippen molar-refractivity contribution in [3.05, 3.63) is 35.9 Å². The molecule has 0 unspecified atom stereocenters. The SMILES string of the molecule is CCN(CCC(=O)O)c1nc2ccccc2cc1C(N)=O. The number of nitrogens with zero attached hydrogens (tertiary/aromatic N) is 2. The van der Waals surface area contributed by atoms with Crippen molar-refractivity contribution in [1.29, 1.82) is 0 Å². The summed E-state index contributed by atoms with van der Waals surface area (Å²) in [4.78, 5) is 28.6. The first kappa shape index (κ1) is 14.8. The Hall–Kier alpha value is -2.63. The van der Waals surface area contributed by atoms with Gasteiger partial charge < -0.3 is 15.7 Å². The minimum atomic E-state index is -0.894. The van der Waals surface area contributed by atoms with E-state index in [1.165, 1.54) is 0 Å². The Labute approximate surface area is 122 Å². The van der Waals surface area contributed by atoms with E-state index in [1.807, 2.05) is 31.2 Å². The molecule has 0 saturated carbocycles. The number of anilines is 1. The standard InChI is InChI=1S/C15H17N3O3/c1-2-18(8-7-13(19)20)15-11(14(16)21)9-10-5-3-4-6-12(10)17-15/h3-6,9H,2,7-8H2,1H3,(H2,16,21)(H,19,20). The van der Waals surface area contributed by atoms with E-state index in [0.29, 0.717) is 17.9 Å². The molecule has 0 aliphatic heterocycles. The summed E-state index contributed by atoms with van der Waals surface area (Å²) in [6.45, 7) is 2.69. The van der Waals surface area contributed by atoms with Crippen LogP contribution in [0, 0.1) is 0 Å². The minimum absolute atomic E-state index is 0.0272. The van der Waals surface area contributed by atoms with Gasteiger partial charge in [-0.2, -0.15) is 0 Å². The van der Waals surface area contributed by atoms with Gasteiger partial charge in [-0.3, -0.25) is 9.59 Å². The number of fused-ring (bicyclic) bond motifs is 1. The minimum Gasteiger partial charge on any atom is -0.481 e. The summed E-state index contributed by atoms with van der Waals surface area (Å²) in [5, 5.41) is 9.64. The van der Waals surface area contributed by atoms with Crippen LogP contribution >= 0.6 is 0 Å². The van der Waals surface area contributed by atoms with E-state index in [9.17, 15) is 9.59 Å². The van der Waals surface area contributed by atoms with Crippen molar-refractivity contribution in [2.75, 3.05) is 18.0 Å². The molecule has 0 atom stereocenters. The Bertz CT molecular complexity index is 685. The molecule has 21 heavy (non-hydrogen) atoms. The molecule has 0 fully saturated rings. The zero-order valence-electron chi connectivity index (χ0n) is 11.7. The molecule has 1 aromatic carbocycles. The molecule has 0 spiro atoms. The highest BCUT2D eigenvalue weighted by Gasteiger charge is 2.17. The van der Waals surface area contributed by atoms with Gasteiger partial charge in [0.1, 0.15) is 5.82 Å². The molecule has 6 nitrogen and oxygen atoms in total. The lowest BCUT2D eigenvalue weighted by molar-refractivity contribution is -0.136. The summed E-state index contributed by atoms with van der Waals surface area (Å²) in [6, 6.07) is 9.11. The Morgan fingerprint density at radius 3 is 2.67 bits per heavy atom. The maximum atomic E-state index is 11.7. The van der Waals surface area contributed by atoms with Crippen LogP contribution in [0.2, 0.25) is 0 Å². The zero-order chi connectivity index (χ0) is 15.4. The molecule has 1 amide bonds. The van der Waals surface area contributed by atoms with Gasteiger partial charge in [0.25, 0.3) is 5.91 Å². The largest absolute Gasteiger partial charge is 0.481 e. The second kappa shape index (κ2) is 6.21. The van der Waals surface area contributed by atoms with Crippen molar-refractivity contribution in [3.8, 4) is 0 Å². The number of carboxylic acid groups (broad SMARTS) is 1. The van der Waals surface area contributed by atoms with Crippen LogP contribution in [0.4, 0.5) is 5.82 Å². The van der Waals surface area contributed by atoms with Crippen molar-refractivity contribution >= 4 is 28.6 Å². The number of carbonyl (C=O) groups excluding carboxylic acids is 1. The number of aliphatic carboxylic acids is 1. The third kappa shape index (κ3) is 3.28. The first-order chi connectivity index (χ1) is 10.0. The maximum Gasteiger partial charge on any atom is 0.305 e. The second-order valence-electron chi connectivity index (χ2n) is 4.64. The number of hydrogen-bond acceptors (Lipinski definition) is 4. The van der Waals surface area contributed by atoms with Crippen LogP contribution in [0.1, 0.15) is 23.7 Å². The second-order valence-corrected chi connectivity index (χ2v) is 4.64. The van der Waals surface area contributed by atoms with Gasteiger partial charge in [-0.1, -0.05) is 18.2 Å². The summed E-state index contributed by atoms with van der Waals surface area (Å²) >= 11 is 0. The van der Waals surface area contributed by atoms with Crippen LogP contribution in [0.3, 0.4) is 0 Å².